The summed E-state index contributed by atoms with van der Waals surface area (Å²) >= 11 is 5.97. The van der Waals surface area contributed by atoms with Gasteiger partial charge in [-0.05, 0) is 42.0 Å². The van der Waals surface area contributed by atoms with E-state index in [1.54, 1.807) is 42.5 Å². The molecule has 2 aromatic carbocycles. The zero-order valence-electron chi connectivity index (χ0n) is 14.1. The molecule has 3 aromatic rings. The largest absolute Gasteiger partial charge is 0.457 e. The van der Waals surface area contributed by atoms with Crippen LogP contribution in [0.15, 0.2) is 70.7 Å². The maximum Gasteiger partial charge on any atom is 0.262 e. The number of carbonyl (C=O) groups is 1. The first kappa shape index (κ1) is 18.4. The van der Waals surface area contributed by atoms with Gasteiger partial charge in [0.25, 0.3) is 5.91 Å². The van der Waals surface area contributed by atoms with Gasteiger partial charge in [-0.25, -0.2) is 4.39 Å². The van der Waals surface area contributed by atoms with E-state index in [-0.39, 0.29) is 17.9 Å². The Morgan fingerprint density at radius 3 is 2.74 bits per heavy atom. The molecular formula is C21H14ClFN2O2. The van der Waals surface area contributed by atoms with Crippen LogP contribution in [0.3, 0.4) is 0 Å². The van der Waals surface area contributed by atoms with Crippen molar-refractivity contribution in [2.45, 2.75) is 6.54 Å². The number of benzene rings is 2. The number of rotatable bonds is 5. The Morgan fingerprint density at radius 2 is 2.00 bits per heavy atom. The molecule has 0 saturated heterocycles. The Hall–Kier alpha value is -3.36. The van der Waals surface area contributed by atoms with Gasteiger partial charge in [0, 0.05) is 23.2 Å². The van der Waals surface area contributed by atoms with E-state index in [9.17, 15) is 14.4 Å². The Morgan fingerprint density at radius 1 is 1.19 bits per heavy atom. The lowest BCUT2D eigenvalue weighted by Gasteiger charge is -2.04. The van der Waals surface area contributed by atoms with Gasteiger partial charge in [0.1, 0.15) is 29.0 Å². The minimum Gasteiger partial charge on any atom is -0.457 e. The molecule has 0 fully saturated rings. The van der Waals surface area contributed by atoms with Gasteiger partial charge in [0.15, 0.2) is 0 Å². The van der Waals surface area contributed by atoms with Crippen molar-refractivity contribution in [1.82, 2.24) is 5.32 Å². The van der Waals surface area contributed by atoms with E-state index < -0.39 is 5.91 Å². The smallest absolute Gasteiger partial charge is 0.262 e. The molecule has 0 atom stereocenters. The van der Waals surface area contributed by atoms with E-state index >= 15 is 0 Å². The fourth-order valence-electron chi connectivity index (χ4n) is 2.44. The monoisotopic (exact) mass is 380 g/mol. The van der Waals surface area contributed by atoms with Crippen LogP contribution >= 0.6 is 11.6 Å². The maximum absolute atomic E-state index is 13.2. The first-order valence-electron chi connectivity index (χ1n) is 8.05. The zero-order chi connectivity index (χ0) is 19.2. The molecule has 6 heteroatoms. The van der Waals surface area contributed by atoms with Gasteiger partial charge in [-0.15, -0.1) is 0 Å². The van der Waals surface area contributed by atoms with Gasteiger partial charge in [-0.3, -0.25) is 4.79 Å². The summed E-state index contributed by atoms with van der Waals surface area (Å²) < 4.78 is 18.8. The van der Waals surface area contributed by atoms with Gasteiger partial charge in [-0.2, -0.15) is 5.26 Å². The Bertz CT molecular complexity index is 1050. The predicted octanol–water partition coefficient (Wildman–Crippen LogP) is 4.96. The topological polar surface area (TPSA) is 66.0 Å². The highest BCUT2D eigenvalue weighted by atomic mass is 35.5. The molecule has 1 N–H and O–H groups in total. The molecule has 1 amide bonds. The molecule has 0 spiro atoms. The van der Waals surface area contributed by atoms with Crippen molar-refractivity contribution in [3.8, 4) is 17.4 Å². The van der Waals surface area contributed by atoms with Crippen LogP contribution in [-0.4, -0.2) is 5.91 Å². The number of hydrogen-bond acceptors (Lipinski definition) is 3. The fraction of sp³-hybridized carbons (Fsp3) is 0.0476. The van der Waals surface area contributed by atoms with Crippen molar-refractivity contribution >= 4 is 23.6 Å². The van der Waals surface area contributed by atoms with Crippen LogP contribution in [0, 0.1) is 17.1 Å². The molecule has 0 bridgehead atoms. The third-order valence-electron chi connectivity index (χ3n) is 3.73. The first-order valence-corrected chi connectivity index (χ1v) is 8.43. The molecule has 0 aliphatic rings. The highest BCUT2D eigenvalue weighted by Gasteiger charge is 2.11. The highest BCUT2D eigenvalue weighted by Crippen LogP contribution is 2.25. The maximum atomic E-state index is 13.2. The van der Waals surface area contributed by atoms with Crippen molar-refractivity contribution in [1.29, 1.82) is 5.26 Å². The lowest BCUT2D eigenvalue weighted by atomic mass is 10.2. The normalized spacial score (nSPS) is 11.1. The molecule has 1 heterocycles. The molecular weight excluding hydrogens is 367 g/mol. The SMILES string of the molecule is N#C/C(=C\c1ccc(-c2cccc(Cl)c2)o1)C(=O)NCc1cccc(F)c1. The second-order valence-electron chi connectivity index (χ2n) is 5.69. The molecule has 1 aromatic heterocycles. The summed E-state index contributed by atoms with van der Waals surface area (Å²) in [6.07, 6.45) is 1.36. The van der Waals surface area contributed by atoms with Gasteiger partial charge in [0.05, 0.1) is 0 Å². The van der Waals surface area contributed by atoms with Crippen LogP contribution in [0.2, 0.25) is 5.02 Å². The number of amides is 1. The van der Waals surface area contributed by atoms with Crippen LogP contribution in [0.5, 0.6) is 0 Å². The van der Waals surface area contributed by atoms with Crippen LogP contribution in [0.1, 0.15) is 11.3 Å². The first-order chi connectivity index (χ1) is 13.0. The van der Waals surface area contributed by atoms with E-state index in [0.717, 1.165) is 5.56 Å². The van der Waals surface area contributed by atoms with Gasteiger partial charge in [0.2, 0.25) is 0 Å². The standard InChI is InChI=1S/C21H14ClFN2O2/c22-17-5-2-4-15(10-17)20-8-7-19(27-20)11-16(12-24)21(26)25-13-14-3-1-6-18(23)9-14/h1-11H,13H2,(H,25,26)/b16-11+. The van der Waals surface area contributed by atoms with Gasteiger partial charge in [-0.1, -0.05) is 35.9 Å². The zero-order valence-corrected chi connectivity index (χ0v) is 14.8. The molecule has 0 aliphatic heterocycles. The summed E-state index contributed by atoms with van der Waals surface area (Å²) in [4.78, 5) is 12.2. The van der Waals surface area contributed by atoms with Crippen LogP contribution in [-0.2, 0) is 11.3 Å². The summed E-state index contributed by atoms with van der Waals surface area (Å²) in [6.45, 7) is 0.113. The highest BCUT2D eigenvalue weighted by molar-refractivity contribution is 6.30. The number of halogens is 2. The summed E-state index contributed by atoms with van der Waals surface area (Å²) in [5, 5.41) is 12.4. The minimum absolute atomic E-state index is 0.113. The number of nitriles is 1. The molecule has 27 heavy (non-hydrogen) atoms. The lowest BCUT2D eigenvalue weighted by Crippen LogP contribution is -2.23. The van der Waals surface area contributed by atoms with Crippen molar-refractivity contribution in [2.24, 2.45) is 0 Å². The van der Waals surface area contributed by atoms with Crippen molar-refractivity contribution in [3.63, 3.8) is 0 Å². The second-order valence-corrected chi connectivity index (χ2v) is 6.13. The van der Waals surface area contributed by atoms with E-state index in [2.05, 4.69) is 5.32 Å². The lowest BCUT2D eigenvalue weighted by molar-refractivity contribution is -0.117. The average Bonchev–Trinajstić information content (AvgIpc) is 3.13. The fourth-order valence-corrected chi connectivity index (χ4v) is 2.63. The molecule has 134 valence electrons. The number of nitrogens with zero attached hydrogens (tertiary/aromatic N) is 1. The number of nitrogens with one attached hydrogen (secondary N) is 1. The van der Waals surface area contributed by atoms with Crippen molar-refractivity contribution in [2.75, 3.05) is 0 Å². The predicted molar refractivity (Wildman–Crippen MR) is 101 cm³/mol. The van der Waals surface area contributed by atoms with Gasteiger partial charge < -0.3 is 9.73 Å². The Balaban J connectivity index is 1.72. The van der Waals surface area contributed by atoms with E-state index in [1.807, 2.05) is 12.1 Å². The molecule has 0 aliphatic carbocycles. The van der Waals surface area contributed by atoms with Crippen LogP contribution < -0.4 is 5.32 Å². The van der Waals surface area contributed by atoms with E-state index in [0.29, 0.717) is 22.1 Å². The van der Waals surface area contributed by atoms with E-state index in [1.165, 1.54) is 18.2 Å². The summed E-state index contributed by atoms with van der Waals surface area (Å²) in [5.41, 5.74) is 1.27. The number of furan rings is 1. The Kier molecular flexibility index (Phi) is 5.70. The third kappa shape index (κ3) is 4.84. The quantitative estimate of drug-likeness (QED) is 0.502. The summed E-state index contributed by atoms with van der Waals surface area (Å²) in [5.74, 6) is -0.0203. The number of hydrogen-bond donors (Lipinski definition) is 1. The minimum atomic E-state index is -0.567. The van der Waals surface area contributed by atoms with Crippen molar-refractivity contribution in [3.05, 3.63) is 88.4 Å². The average molecular weight is 381 g/mol. The second kappa shape index (κ2) is 8.35. The summed E-state index contributed by atoms with van der Waals surface area (Å²) in [7, 11) is 0. The molecule has 0 unspecified atom stereocenters. The molecule has 4 nitrogen and oxygen atoms in total. The summed E-state index contributed by atoms with van der Waals surface area (Å²) in [6, 6.07) is 18.3. The van der Waals surface area contributed by atoms with Crippen molar-refractivity contribution < 1.29 is 13.6 Å². The Labute approximate surface area is 160 Å². The van der Waals surface area contributed by atoms with Crippen LogP contribution in [0.4, 0.5) is 4.39 Å². The molecule has 0 radical (unpaired) electrons. The number of carbonyl (C=O) groups excluding carboxylic acids is 1. The van der Waals surface area contributed by atoms with E-state index in [4.69, 9.17) is 16.0 Å². The molecule has 3 rings (SSSR count). The van der Waals surface area contributed by atoms with Gasteiger partial charge >= 0.3 is 0 Å². The molecule has 0 saturated carbocycles. The third-order valence-corrected chi connectivity index (χ3v) is 3.96. The van der Waals surface area contributed by atoms with Crippen LogP contribution in [0.25, 0.3) is 17.4 Å².